The topological polar surface area (TPSA) is 60.9 Å². The van der Waals surface area contributed by atoms with Crippen molar-refractivity contribution in [2.24, 2.45) is 5.92 Å². The molecular formula is C14H26N2O3. The van der Waals surface area contributed by atoms with Crippen LogP contribution in [0.15, 0.2) is 0 Å². The number of carboxylic acid groups (broad SMARTS) is 1. The Hall–Kier alpha value is -1.10. The van der Waals surface area contributed by atoms with E-state index in [0.717, 1.165) is 25.9 Å². The Morgan fingerprint density at radius 2 is 1.95 bits per heavy atom. The maximum atomic E-state index is 12.5. The highest BCUT2D eigenvalue weighted by Crippen LogP contribution is 2.19. The van der Waals surface area contributed by atoms with Crippen molar-refractivity contribution in [3.05, 3.63) is 0 Å². The fourth-order valence-corrected chi connectivity index (χ4v) is 2.84. The number of aliphatic carboxylic acids is 1. The molecule has 110 valence electrons. The molecule has 1 amide bonds. The highest BCUT2D eigenvalue weighted by atomic mass is 16.4. The summed E-state index contributed by atoms with van der Waals surface area (Å²) in [6, 6.07) is -0.109. The van der Waals surface area contributed by atoms with Crippen LogP contribution in [0.1, 0.15) is 40.0 Å². The summed E-state index contributed by atoms with van der Waals surface area (Å²) in [7, 11) is 0. The molecule has 1 saturated heterocycles. The molecule has 1 rings (SSSR count). The first-order valence-corrected chi connectivity index (χ1v) is 7.30. The summed E-state index contributed by atoms with van der Waals surface area (Å²) >= 11 is 0. The van der Waals surface area contributed by atoms with Gasteiger partial charge >= 0.3 is 5.97 Å². The SMILES string of the molecule is CCC(C(=O)N1CCCC(C(=O)O)C1)N(CC)CC. The molecule has 1 aliphatic heterocycles. The van der Waals surface area contributed by atoms with Crippen molar-refractivity contribution < 1.29 is 14.7 Å². The zero-order valence-electron chi connectivity index (χ0n) is 12.3. The average Bonchev–Trinajstić information content (AvgIpc) is 2.44. The van der Waals surface area contributed by atoms with Crippen LogP contribution in [0, 0.1) is 5.92 Å². The molecule has 1 aliphatic rings. The van der Waals surface area contributed by atoms with Crippen LogP contribution >= 0.6 is 0 Å². The lowest BCUT2D eigenvalue weighted by Gasteiger charge is -2.36. The minimum Gasteiger partial charge on any atom is -0.481 e. The second kappa shape index (κ2) is 7.48. The number of rotatable bonds is 6. The molecule has 0 aromatic heterocycles. The Morgan fingerprint density at radius 1 is 1.32 bits per heavy atom. The van der Waals surface area contributed by atoms with E-state index >= 15 is 0 Å². The molecule has 0 aromatic carbocycles. The highest BCUT2D eigenvalue weighted by molar-refractivity contribution is 5.82. The lowest BCUT2D eigenvalue weighted by atomic mass is 9.97. The van der Waals surface area contributed by atoms with Gasteiger partial charge in [-0.2, -0.15) is 0 Å². The smallest absolute Gasteiger partial charge is 0.308 e. The van der Waals surface area contributed by atoms with Gasteiger partial charge in [0.25, 0.3) is 0 Å². The minimum absolute atomic E-state index is 0.0946. The van der Waals surface area contributed by atoms with Crippen molar-refractivity contribution in [1.29, 1.82) is 0 Å². The third-order valence-electron chi connectivity index (χ3n) is 4.01. The van der Waals surface area contributed by atoms with Gasteiger partial charge in [-0.3, -0.25) is 14.5 Å². The molecule has 0 spiro atoms. The molecule has 2 atom stereocenters. The van der Waals surface area contributed by atoms with Crippen LogP contribution in [0.3, 0.4) is 0 Å². The molecule has 5 heteroatoms. The first kappa shape index (κ1) is 16.0. The van der Waals surface area contributed by atoms with Crippen LogP contribution in [0.5, 0.6) is 0 Å². The number of piperidine rings is 1. The molecule has 1 N–H and O–H groups in total. The van der Waals surface area contributed by atoms with Crippen LogP contribution in [-0.4, -0.2) is 59.0 Å². The Morgan fingerprint density at radius 3 is 2.42 bits per heavy atom. The van der Waals surface area contributed by atoms with E-state index in [1.54, 1.807) is 4.90 Å². The summed E-state index contributed by atoms with van der Waals surface area (Å²) in [5, 5.41) is 9.09. The van der Waals surface area contributed by atoms with Crippen molar-refractivity contribution in [3.63, 3.8) is 0 Å². The molecule has 0 aliphatic carbocycles. The largest absolute Gasteiger partial charge is 0.481 e. The summed E-state index contributed by atoms with van der Waals surface area (Å²) in [6.45, 7) is 8.87. The number of nitrogens with zero attached hydrogens (tertiary/aromatic N) is 2. The molecular weight excluding hydrogens is 244 g/mol. The summed E-state index contributed by atoms with van der Waals surface area (Å²) in [4.78, 5) is 27.5. The Bertz CT molecular complexity index is 316. The highest BCUT2D eigenvalue weighted by Gasteiger charge is 2.32. The summed E-state index contributed by atoms with van der Waals surface area (Å²) in [5.74, 6) is -1.09. The maximum absolute atomic E-state index is 12.5. The van der Waals surface area contributed by atoms with Crippen LogP contribution in [0.4, 0.5) is 0 Å². The lowest BCUT2D eigenvalue weighted by Crippen LogP contribution is -2.51. The third-order valence-corrected chi connectivity index (χ3v) is 4.01. The molecule has 5 nitrogen and oxygen atoms in total. The number of carboxylic acids is 1. The van der Waals surface area contributed by atoms with E-state index in [2.05, 4.69) is 18.7 Å². The predicted octanol–water partition coefficient (Wildman–Crippen LogP) is 1.43. The lowest BCUT2D eigenvalue weighted by molar-refractivity contribution is -0.147. The molecule has 0 radical (unpaired) electrons. The number of hydrogen-bond donors (Lipinski definition) is 1. The predicted molar refractivity (Wildman–Crippen MR) is 73.9 cm³/mol. The van der Waals surface area contributed by atoms with Gasteiger partial charge in [0.15, 0.2) is 0 Å². The number of carbonyl (C=O) groups is 2. The monoisotopic (exact) mass is 270 g/mol. The number of hydrogen-bond acceptors (Lipinski definition) is 3. The molecule has 0 aromatic rings. The van der Waals surface area contributed by atoms with E-state index in [0.29, 0.717) is 19.5 Å². The van der Waals surface area contributed by atoms with Crippen molar-refractivity contribution >= 4 is 11.9 Å². The van der Waals surface area contributed by atoms with E-state index < -0.39 is 11.9 Å². The van der Waals surface area contributed by atoms with Crippen molar-refractivity contribution in [3.8, 4) is 0 Å². The second-order valence-corrected chi connectivity index (χ2v) is 5.11. The second-order valence-electron chi connectivity index (χ2n) is 5.11. The van der Waals surface area contributed by atoms with Crippen molar-refractivity contribution in [2.45, 2.75) is 46.1 Å². The fraction of sp³-hybridized carbons (Fsp3) is 0.857. The third kappa shape index (κ3) is 3.93. The van der Waals surface area contributed by atoms with Gasteiger partial charge in [0.1, 0.15) is 0 Å². The summed E-state index contributed by atoms with van der Waals surface area (Å²) < 4.78 is 0. The molecule has 0 bridgehead atoms. The van der Waals surface area contributed by atoms with Gasteiger partial charge in [0.2, 0.25) is 5.91 Å². The van der Waals surface area contributed by atoms with Crippen LogP contribution in [-0.2, 0) is 9.59 Å². The number of amides is 1. The van der Waals surface area contributed by atoms with E-state index in [-0.39, 0.29) is 11.9 Å². The summed E-state index contributed by atoms with van der Waals surface area (Å²) in [5.41, 5.74) is 0. The van der Waals surface area contributed by atoms with E-state index in [4.69, 9.17) is 5.11 Å². The molecule has 2 unspecified atom stereocenters. The minimum atomic E-state index is -0.784. The van der Waals surface area contributed by atoms with Crippen LogP contribution < -0.4 is 0 Å². The number of carbonyl (C=O) groups excluding carboxylic acids is 1. The van der Waals surface area contributed by atoms with Gasteiger partial charge in [0.05, 0.1) is 12.0 Å². The van der Waals surface area contributed by atoms with E-state index in [1.807, 2.05) is 6.92 Å². The zero-order chi connectivity index (χ0) is 14.4. The van der Waals surface area contributed by atoms with Crippen molar-refractivity contribution in [1.82, 2.24) is 9.80 Å². The first-order chi connectivity index (χ1) is 9.04. The van der Waals surface area contributed by atoms with Crippen molar-refractivity contribution in [2.75, 3.05) is 26.2 Å². The normalized spacial score (nSPS) is 21.5. The Labute approximate surface area is 115 Å². The Balaban J connectivity index is 2.71. The van der Waals surface area contributed by atoms with Gasteiger partial charge < -0.3 is 10.0 Å². The maximum Gasteiger partial charge on any atom is 0.308 e. The van der Waals surface area contributed by atoms with E-state index in [1.165, 1.54) is 0 Å². The Kier molecular flexibility index (Phi) is 6.28. The number of likely N-dealkylation sites (N-methyl/N-ethyl adjacent to an activating group) is 1. The number of likely N-dealkylation sites (tertiary alicyclic amines) is 1. The molecule has 19 heavy (non-hydrogen) atoms. The fourth-order valence-electron chi connectivity index (χ4n) is 2.84. The van der Waals surface area contributed by atoms with Gasteiger partial charge in [-0.1, -0.05) is 20.8 Å². The standard InChI is InChI=1S/C14H26N2O3/c1-4-12(15(5-2)6-3)13(17)16-9-7-8-11(10-16)14(18)19/h11-12H,4-10H2,1-3H3,(H,18,19). The average molecular weight is 270 g/mol. The quantitative estimate of drug-likeness (QED) is 0.793. The van der Waals surface area contributed by atoms with Crippen LogP contribution in [0.2, 0.25) is 0 Å². The summed E-state index contributed by atoms with van der Waals surface area (Å²) in [6.07, 6.45) is 2.24. The molecule has 1 heterocycles. The van der Waals surface area contributed by atoms with Gasteiger partial charge in [-0.15, -0.1) is 0 Å². The van der Waals surface area contributed by atoms with E-state index in [9.17, 15) is 9.59 Å². The van der Waals surface area contributed by atoms with Gasteiger partial charge in [-0.05, 0) is 32.4 Å². The molecule has 1 fully saturated rings. The molecule has 0 saturated carbocycles. The van der Waals surface area contributed by atoms with Gasteiger partial charge in [0, 0.05) is 13.1 Å². The first-order valence-electron chi connectivity index (χ1n) is 7.30. The zero-order valence-corrected chi connectivity index (χ0v) is 12.3. The van der Waals surface area contributed by atoms with Crippen LogP contribution in [0.25, 0.3) is 0 Å². The van der Waals surface area contributed by atoms with Gasteiger partial charge in [-0.25, -0.2) is 0 Å².